The first kappa shape index (κ1) is 20.0. The van der Waals surface area contributed by atoms with E-state index in [0.29, 0.717) is 24.0 Å². The second-order valence-corrected chi connectivity index (χ2v) is 7.96. The largest absolute Gasteiger partial charge is 0.494 e. The molecule has 0 saturated carbocycles. The van der Waals surface area contributed by atoms with E-state index in [0.717, 1.165) is 34.5 Å². The average Bonchev–Trinajstić information content (AvgIpc) is 3.10. The smallest absolute Gasteiger partial charge is 0.337 e. The fourth-order valence-electron chi connectivity index (χ4n) is 3.84. The zero-order valence-corrected chi connectivity index (χ0v) is 17.8. The number of para-hydroxylation sites is 2. The van der Waals surface area contributed by atoms with E-state index in [1.807, 2.05) is 55.5 Å². The molecule has 4 rings (SSSR count). The minimum atomic E-state index is -0.366. The van der Waals surface area contributed by atoms with Gasteiger partial charge in [0, 0.05) is 5.70 Å². The number of imidazole rings is 1. The SMILES string of the molecule is COC(=O)C1=C(C)Nc2nc3ccccc3n2[C@H]1c1cccc(OCCC(C)C)c1. The van der Waals surface area contributed by atoms with Crippen molar-refractivity contribution in [1.82, 2.24) is 9.55 Å². The third kappa shape index (κ3) is 3.65. The van der Waals surface area contributed by atoms with Crippen molar-refractivity contribution < 1.29 is 14.3 Å². The van der Waals surface area contributed by atoms with Crippen LogP contribution in [-0.4, -0.2) is 29.2 Å². The summed E-state index contributed by atoms with van der Waals surface area (Å²) >= 11 is 0. The molecule has 1 aliphatic rings. The predicted octanol–water partition coefficient (Wildman–Crippen LogP) is 4.92. The summed E-state index contributed by atoms with van der Waals surface area (Å²) < 4.78 is 13.2. The molecule has 1 aliphatic heterocycles. The Hall–Kier alpha value is -3.28. The van der Waals surface area contributed by atoms with E-state index in [4.69, 9.17) is 14.5 Å². The van der Waals surface area contributed by atoms with Crippen molar-refractivity contribution >= 4 is 23.0 Å². The number of aromatic nitrogens is 2. The van der Waals surface area contributed by atoms with Crippen molar-refractivity contribution in [3.63, 3.8) is 0 Å². The molecule has 2 heterocycles. The van der Waals surface area contributed by atoms with Crippen LogP contribution in [0.5, 0.6) is 5.75 Å². The summed E-state index contributed by atoms with van der Waals surface area (Å²) in [6.45, 7) is 6.89. The Morgan fingerprint density at radius 2 is 2.00 bits per heavy atom. The topological polar surface area (TPSA) is 65.4 Å². The molecule has 0 aliphatic carbocycles. The van der Waals surface area contributed by atoms with E-state index >= 15 is 0 Å². The van der Waals surface area contributed by atoms with Crippen LogP contribution in [0.3, 0.4) is 0 Å². The Morgan fingerprint density at radius 3 is 2.77 bits per heavy atom. The van der Waals surface area contributed by atoms with Gasteiger partial charge in [-0.2, -0.15) is 0 Å². The molecular weight excluding hydrogens is 378 g/mol. The van der Waals surface area contributed by atoms with E-state index < -0.39 is 0 Å². The Labute approximate surface area is 176 Å². The third-order valence-corrected chi connectivity index (χ3v) is 5.37. The van der Waals surface area contributed by atoms with Crippen molar-refractivity contribution in [2.24, 2.45) is 5.92 Å². The van der Waals surface area contributed by atoms with Crippen molar-refractivity contribution in [2.75, 3.05) is 19.0 Å². The first-order valence-electron chi connectivity index (χ1n) is 10.3. The van der Waals surface area contributed by atoms with Crippen LogP contribution in [0.4, 0.5) is 5.95 Å². The summed E-state index contributed by atoms with van der Waals surface area (Å²) in [5, 5.41) is 3.28. The molecule has 1 atom stereocenters. The summed E-state index contributed by atoms with van der Waals surface area (Å²) in [5.41, 5.74) is 4.06. The van der Waals surface area contributed by atoms with Crippen molar-refractivity contribution in [3.05, 3.63) is 65.4 Å². The van der Waals surface area contributed by atoms with Gasteiger partial charge in [0.2, 0.25) is 5.95 Å². The van der Waals surface area contributed by atoms with E-state index in [1.165, 1.54) is 7.11 Å². The van der Waals surface area contributed by atoms with Gasteiger partial charge < -0.3 is 14.8 Å². The van der Waals surface area contributed by atoms with Gasteiger partial charge in [-0.25, -0.2) is 9.78 Å². The van der Waals surface area contributed by atoms with Gasteiger partial charge in [-0.15, -0.1) is 0 Å². The number of allylic oxidation sites excluding steroid dienone is 1. The third-order valence-electron chi connectivity index (χ3n) is 5.37. The minimum Gasteiger partial charge on any atom is -0.494 e. The molecule has 0 bridgehead atoms. The van der Waals surface area contributed by atoms with Crippen molar-refractivity contribution in [2.45, 2.75) is 33.2 Å². The summed E-state index contributed by atoms with van der Waals surface area (Å²) in [7, 11) is 1.41. The van der Waals surface area contributed by atoms with Gasteiger partial charge in [-0.1, -0.05) is 38.1 Å². The minimum absolute atomic E-state index is 0.362. The number of nitrogens with zero attached hydrogens (tertiary/aromatic N) is 2. The van der Waals surface area contributed by atoms with Gasteiger partial charge in [0.25, 0.3) is 0 Å². The van der Waals surface area contributed by atoms with Gasteiger partial charge in [0.1, 0.15) is 5.75 Å². The molecule has 2 aromatic carbocycles. The highest BCUT2D eigenvalue weighted by molar-refractivity contribution is 5.94. The van der Waals surface area contributed by atoms with Crippen LogP contribution >= 0.6 is 0 Å². The summed E-state index contributed by atoms with van der Waals surface area (Å²) in [5.74, 6) is 1.71. The normalized spacial score (nSPS) is 15.8. The maximum atomic E-state index is 12.8. The Balaban J connectivity index is 1.82. The van der Waals surface area contributed by atoms with Crippen molar-refractivity contribution in [1.29, 1.82) is 0 Å². The molecule has 3 aromatic rings. The number of anilines is 1. The van der Waals surface area contributed by atoms with Crippen molar-refractivity contribution in [3.8, 4) is 5.75 Å². The lowest BCUT2D eigenvalue weighted by Crippen LogP contribution is -2.28. The van der Waals surface area contributed by atoms with Gasteiger partial charge in [0.15, 0.2) is 0 Å². The number of methoxy groups -OCH3 is 1. The van der Waals surface area contributed by atoms with Crippen LogP contribution < -0.4 is 10.1 Å². The first-order chi connectivity index (χ1) is 14.5. The number of hydrogen-bond donors (Lipinski definition) is 1. The van der Waals surface area contributed by atoms with E-state index in [9.17, 15) is 4.79 Å². The lowest BCUT2D eigenvalue weighted by atomic mass is 9.95. The number of esters is 1. The standard InChI is InChI=1S/C24H27N3O3/c1-15(2)12-13-30-18-9-7-8-17(14-18)22-21(23(28)29-4)16(3)25-24-26-19-10-5-6-11-20(19)27(22)24/h5-11,14-15,22H,12-13H2,1-4H3,(H,25,26)/t22-/m0/s1. The van der Waals surface area contributed by atoms with Gasteiger partial charge >= 0.3 is 5.97 Å². The van der Waals surface area contributed by atoms with Crippen LogP contribution in [-0.2, 0) is 9.53 Å². The summed E-state index contributed by atoms with van der Waals surface area (Å²) in [6.07, 6.45) is 0.986. The highest BCUT2D eigenvalue weighted by Gasteiger charge is 2.34. The van der Waals surface area contributed by atoms with Crippen LogP contribution in [0.25, 0.3) is 11.0 Å². The number of fused-ring (bicyclic) bond motifs is 3. The second-order valence-electron chi connectivity index (χ2n) is 7.96. The fourth-order valence-corrected chi connectivity index (χ4v) is 3.84. The quantitative estimate of drug-likeness (QED) is 0.590. The Kier molecular flexibility index (Phi) is 5.48. The maximum absolute atomic E-state index is 12.8. The molecule has 1 N–H and O–H groups in total. The number of hydrogen-bond acceptors (Lipinski definition) is 5. The monoisotopic (exact) mass is 405 g/mol. The van der Waals surface area contributed by atoms with E-state index in [1.54, 1.807) is 0 Å². The lowest BCUT2D eigenvalue weighted by Gasteiger charge is -2.30. The molecule has 30 heavy (non-hydrogen) atoms. The van der Waals surface area contributed by atoms with Gasteiger partial charge in [-0.3, -0.25) is 4.57 Å². The summed E-state index contributed by atoms with van der Waals surface area (Å²) in [6, 6.07) is 15.5. The second kappa shape index (κ2) is 8.22. The van der Waals surface area contributed by atoms with E-state index in [2.05, 4.69) is 23.7 Å². The average molecular weight is 405 g/mol. The molecule has 0 amide bonds. The first-order valence-corrected chi connectivity index (χ1v) is 10.3. The van der Waals surface area contributed by atoms with E-state index in [-0.39, 0.29) is 12.0 Å². The lowest BCUT2D eigenvalue weighted by molar-refractivity contribution is -0.136. The zero-order valence-electron chi connectivity index (χ0n) is 17.8. The van der Waals surface area contributed by atoms with Crippen LogP contribution in [0.2, 0.25) is 0 Å². The molecule has 0 fully saturated rings. The summed E-state index contributed by atoms with van der Waals surface area (Å²) in [4.78, 5) is 17.5. The fraction of sp³-hybridized carbons (Fsp3) is 0.333. The number of ether oxygens (including phenoxy) is 2. The molecule has 0 radical (unpaired) electrons. The zero-order chi connectivity index (χ0) is 21.3. The number of rotatable bonds is 6. The predicted molar refractivity (Wildman–Crippen MR) is 118 cm³/mol. The number of carbonyl (C=O) groups is 1. The number of benzene rings is 2. The number of carbonyl (C=O) groups excluding carboxylic acids is 1. The van der Waals surface area contributed by atoms with Gasteiger partial charge in [0.05, 0.1) is 36.4 Å². The number of nitrogens with one attached hydrogen (secondary N) is 1. The highest BCUT2D eigenvalue weighted by Crippen LogP contribution is 2.40. The molecule has 0 unspecified atom stereocenters. The Bertz CT molecular complexity index is 1110. The van der Waals surface area contributed by atoms with Crippen LogP contribution in [0, 0.1) is 5.92 Å². The molecule has 6 heteroatoms. The van der Waals surface area contributed by atoms with Gasteiger partial charge in [-0.05, 0) is 49.1 Å². The highest BCUT2D eigenvalue weighted by atomic mass is 16.5. The molecule has 0 saturated heterocycles. The van der Waals surface area contributed by atoms with Crippen LogP contribution in [0.1, 0.15) is 38.8 Å². The molecular formula is C24H27N3O3. The Morgan fingerprint density at radius 1 is 1.20 bits per heavy atom. The maximum Gasteiger partial charge on any atom is 0.337 e. The van der Waals surface area contributed by atoms with Crippen LogP contribution in [0.15, 0.2) is 59.8 Å². The molecule has 156 valence electrons. The molecule has 0 spiro atoms. The molecule has 6 nitrogen and oxygen atoms in total. The molecule has 1 aromatic heterocycles.